The lowest BCUT2D eigenvalue weighted by atomic mass is 9.92. The van der Waals surface area contributed by atoms with Crippen LogP contribution in [0, 0.1) is 11.8 Å². The van der Waals surface area contributed by atoms with Gasteiger partial charge in [0, 0.05) is 24.6 Å². The molecule has 3 nitrogen and oxygen atoms in total. The molecule has 1 aromatic heterocycles. The second-order valence-corrected chi connectivity index (χ2v) is 4.83. The van der Waals surface area contributed by atoms with Gasteiger partial charge in [-0.15, -0.1) is 0 Å². The van der Waals surface area contributed by atoms with Crippen LogP contribution in [0.25, 0.3) is 0 Å². The van der Waals surface area contributed by atoms with Crippen molar-refractivity contribution in [1.29, 1.82) is 0 Å². The fourth-order valence-electron chi connectivity index (χ4n) is 2.13. The molecule has 0 saturated carbocycles. The van der Waals surface area contributed by atoms with Gasteiger partial charge in [0.1, 0.15) is 6.33 Å². The molecule has 1 fully saturated rings. The standard InChI is InChI=1S/C9H15N3S/c1-7-3-8(2)5-12(4-7)9-10-6-11-13-9/h6-8H,3-5H2,1-2H3. The van der Waals surface area contributed by atoms with Crippen molar-refractivity contribution >= 4 is 16.7 Å². The Morgan fingerprint density at radius 3 is 2.62 bits per heavy atom. The summed E-state index contributed by atoms with van der Waals surface area (Å²) in [5.41, 5.74) is 0. The van der Waals surface area contributed by atoms with Crippen LogP contribution < -0.4 is 4.90 Å². The Balaban J connectivity index is 2.07. The van der Waals surface area contributed by atoms with Crippen molar-refractivity contribution < 1.29 is 0 Å². The molecule has 2 unspecified atom stereocenters. The minimum atomic E-state index is 0.785. The van der Waals surface area contributed by atoms with Gasteiger partial charge < -0.3 is 4.90 Å². The minimum Gasteiger partial charge on any atom is -0.346 e. The molecule has 0 bridgehead atoms. The highest BCUT2D eigenvalue weighted by molar-refractivity contribution is 7.09. The molecule has 2 rings (SSSR count). The van der Waals surface area contributed by atoms with Gasteiger partial charge in [-0.3, -0.25) is 0 Å². The van der Waals surface area contributed by atoms with Gasteiger partial charge in [0.15, 0.2) is 0 Å². The maximum absolute atomic E-state index is 4.24. The first kappa shape index (κ1) is 8.94. The van der Waals surface area contributed by atoms with Crippen LogP contribution in [0.5, 0.6) is 0 Å². The molecule has 2 atom stereocenters. The van der Waals surface area contributed by atoms with Crippen LogP contribution in [-0.4, -0.2) is 22.4 Å². The van der Waals surface area contributed by atoms with Crippen molar-refractivity contribution in [2.24, 2.45) is 11.8 Å². The third-order valence-corrected chi connectivity index (χ3v) is 3.22. The first-order valence-electron chi connectivity index (χ1n) is 4.77. The maximum Gasteiger partial charge on any atom is 0.204 e. The summed E-state index contributed by atoms with van der Waals surface area (Å²) in [6, 6.07) is 0. The summed E-state index contributed by atoms with van der Waals surface area (Å²) < 4.78 is 4.04. The number of nitrogens with zero attached hydrogens (tertiary/aromatic N) is 3. The molecule has 0 radical (unpaired) electrons. The first-order valence-corrected chi connectivity index (χ1v) is 5.54. The summed E-state index contributed by atoms with van der Waals surface area (Å²) in [7, 11) is 0. The summed E-state index contributed by atoms with van der Waals surface area (Å²) in [4.78, 5) is 6.60. The lowest BCUT2D eigenvalue weighted by molar-refractivity contribution is 0.356. The van der Waals surface area contributed by atoms with E-state index in [0.29, 0.717) is 0 Å². The third kappa shape index (κ3) is 1.99. The lowest BCUT2D eigenvalue weighted by Crippen LogP contribution is -2.38. The van der Waals surface area contributed by atoms with Crippen molar-refractivity contribution in [3.63, 3.8) is 0 Å². The summed E-state index contributed by atoms with van der Waals surface area (Å²) in [6.07, 6.45) is 2.99. The molecule has 1 saturated heterocycles. The summed E-state index contributed by atoms with van der Waals surface area (Å²) >= 11 is 1.50. The predicted octanol–water partition coefficient (Wildman–Crippen LogP) is 2.02. The van der Waals surface area contributed by atoms with E-state index in [2.05, 4.69) is 28.1 Å². The van der Waals surface area contributed by atoms with E-state index in [1.54, 1.807) is 6.33 Å². The molecule has 1 aliphatic rings. The Labute approximate surface area is 83.0 Å². The highest BCUT2D eigenvalue weighted by Gasteiger charge is 2.23. The van der Waals surface area contributed by atoms with E-state index in [-0.39, 0.29) is 0 Å². The second kappa shape index (κ2) is 3.62. The zero-order valence-electron chi connectivity index (χ0n) is 8.10. The topological polar surface area (TPSA) is 29.0 Å². The maximum atomic E-state index is 4.24. The molecule has 13 heavy (non-hydrogen) atoms. The summed E-state index contributed by atoms with van der Waals surface area (Å²) in [6.45, 7) is 6.90. The van der Waals surface area contributed by atoms with Gasteiger partial charge in [0.2, 0.25) is 5.13 Å². The fourth-order valence-corrected chi connectivity index (χ4v) is 2.67. The number of rotatable bonds is 1. The Hall–Kier alpha value is -0.640. The molecule has 1 aromatic rings. The van der Waals surface area contributed by atoms with E-state index in [9.17, 15) is 0 Å². The largest absolute Gasteiger partial charge is 0.346 e. The van der Waals surface area contributed by atoms with Crippen molar-refractivity contribution in [1.82, 2.24) is 9.36 Å². The highest BCUT2D eigenvalue weighted by Crippen LogP contribution is 2.26. The second-order valence-electron chi connectivity index (χ2n) is 4.07. The molecular formula is C9H15N3S. The van der Waals surface area contributed by atoms with E-state index >= 15 is 0 Å². The molecule has 1 aliphatic heterocycles. The van der Waals surface area contributed by atoms with E-state index < -0.39 is 0 Å². The smallest absolute Gasteiger partial charge is 0.204 e. The average molecular weight is 197 g/mol. The zero-order chi connectivity index (χ0) is 9.26. The molecule has 2 heterocycles. The zero-order valence-corrected chi connectivity index (χ0v) is 8.92. The molecule has 0 N–H and O–H groups in total. The van der Waals surface area contributed by atoms with Crippen molar-refractivity contribution in [3.05, 3.63) is 6.33 Å². The van der Waals surface area contributed by atoms with Crippen molar-refractivity contribution in [2.75, 3.05) is 18.0 Å². The highest BCUT2D eigenvalue weighted by atomic mass is 32.1. The van der Waals surface area contributed by atoms with Gasteiger partial charge in [0.05, 0.1) is 0 Å². The molecule has 0 aliphatic carbocycles. The van der Waals surface area contributed by atoms with Gasteiger partial charge in [-0.25, -0.2) is 4.98 Å². The van der Waals surface area contributed by atoms with Crippen LogP contribution >= 0.6 is 11.5 Å². The fraction of sp³-hybridized carbons (Fsp3) is 0.778. The number of anilines is 1. The third-order valence-electron chi connectivity index (χ3n) is 2.49. The predicted molar refractivity (Wildman–Crippen MR) is 55.1 cm³/mol. The van der Waals surface area contributed by atoms with Crippen LogP contribution in [0.2, 0.25) is 0 Å². The molecule has 0 amide bonds. The Morgan fingerprint density at radius 2 is 2.08 bits per heavy atom. The van der Waals surface area contributed by atoms with E-state index in [1.165, 1.54) is 18.0 Å². The van der Waals surface area contributed by atoms with Gasteiger partial charge >= 0.3 is 0 Å². The quantitative estimate of drug-likeness (QED) is 0.689. The van der Waals surface area contributed by atoms with Crippen LogP contribution in [0.4, 0.5) is 5.13 Å². The van der Waals surface area contributed by atoms with Crippen LogP contribution in [0.3, 0.4) is 0 Å². The summed E-state index contributed by atoms with van der Waals surface area (Å²) in [5.74, 6) is 1.57. The number of aromatic nitrogens is 2. The molecule has 4 heteroatoms. The number of hydrogen-bond acceptors (Lipinski definition) is 4. The van der Waals surface area contributed by atoms with Gasteiger partial charge in [-0.05, 0) is 18.3 Å². The van der Waals surface area contributed by atoms with Gasteiger partial charge in [0.25, 0.3) is 0 Å². The molecule has 0 aromatic carbocycles. The molecule has 72 valence electrons. The number of hydrogen-bond donors (Lipinski definition) is 0. The minimum absolute atomic E-state index is 0.785. The monoisotopic (exact) mass is 197 g/mol. The average Bonchev–Trinajstić information content (AvgIpc) is 2.53. The number of piperidine rings is 1. The Kier molecular flexibility index (Phi) is 2.49. The van der Waals surface area contributed by atoms with Gasteiger partial charge in [-0.1, -0.05) is 13.8 Å². The summed E-state index contributed by atoms with van der Waals surface area (Å²) in [5, 5.41) is 1.08. The van der Waals surface area contributed by atoms with Crippen molar-refractivity contribution in [2.45, 2.75) is 20.3 Å². The van der Waals surface area contributed by atoms with Crippen LogP contribution in [-0.2, 0) is 0 Å². The normalized spacial score (nSPS) is 29.2. The molecule has 0 spiro atoms. The van der Waals surface area contributed by atoms with Crippen molar-refractivity contribution in [3.8, 4) is 0 Å². The van der Waals surface area contributed by atoms with E-state index in [4.69, 9.17) is 0 Å². The SMILES string of the molecule is CC1CC(C)CN(c2ncns2)C1. The Morgan fingerprint density at radius 1 is 1.38 bits per heavy atom. The molecular weight excluding hydrogens is 182 g/mol. The lowest BCUT2D eigenvalue weighted by Gasteiger charge is -2.34. The first-order chi connectivity index (χ1) is 6.25. The van der Waals surface area contributed by atoms with Crippen LogP contribution in [0.15, 0.2) is 6.33 Å². The van der Waals surface area contributed by atoms with E-state index in [1.807, 2.05) is 0 Å². The van der Waals surface area contributed by atoms with Gasteiger partial charge in [-0.2, -0.15) is 4.37 Å². The Bertz CT molecular complexity index is 250. The van der Waals surface area contributed by atoms with E-state index in [0.717, 1.165) is 30.1 Å². The van der Waals surface area contributed by atoms with Crippen LogP contribution in [0.1, 0.15) is 20.3 Å².